The van der Waals surface area contributed by atoms with Gasteiger partial charge >= 0.3 is 0 Å². The van der Waals surface area contributed by atoms with Crippen molar-refractivity contribution in [1.29, 1.82) is 0 Å². The van der Waals surface area contributed by atoms with Crippen LogP contribution in [0.5, 0.6) is 0 Å². The Labute approximate surface area is 66.7 Å². The van der Waals surface area contributed by atoms with Crippen molar-refractivity contribution in [1.82, 2.24) is 0 Å². The van der Waals surface area contributed by atoms with Crippen molar-refractivity contribution in [3.8, 4) is 0 Å². The summed E-state index contributed by atoms with van der Waals surface area (Å²) in [7, 11) is 0. The Bertz CT molecular complexity index is 46.2. The second-order valence-corrected chi connectivity index (χ2v) is 2.28. The molecule has 0 radical (unpaired) electrons. The van der Waals surface area contributed by atoms with Crippen molar-refractivity contribution in [2.75, 3.05) is 31.5 Å². The molecule has 0 bridgehead atoms. The molecule has 0 unspecified atom stereocenters. The van der Waals surface area contributed by atoms with Gasteiger partial charge in [-0.25, -0.2) is 0 Å². The van der Waals surface area contributed by atoms with E-state index in [1.54, 1.807) is 0 Å². The summed E-state index contributed by atoms with van der Waals surface area (Å²) in [4.78, 5) is 0. The van der Waals surface area contributed by atoms with Crippen molar-refractivity contribution in [3.63, 3.8) is 0 Å². The summed E-state index contributed by atoms with van der Waals surface area (Å²) < 4.78 is 9.90. The largest absolute Gasteiger partial charge is 0.355 e. The molecular weight excluding hydrogens is 156 g/mol. The van der Waals surface area contributed by atoms with E-state index in [1.807, 2.05) is 0 Å². The van der Waals surface area contributed by atoms with Crippen LogP contribution in [0.15, 0.2) is 0 Å². The van der Waals surface area contributed by atoms with E-state index in [-0.39, 0.29) is 0 Å². The molecule has 4 heteroatoms. The maximum atomic E-state index is 4.95. The van der Waals surface area contributed by atoms with E-state index in [0.29, 0.717) is 20.0 Å². The average molecular weight is 168 g/mol. The SMILES string of the molecule is SCCOCOCCS. The second-order valence-electron chi connectivity index (χ2n) is 1.38. The molecule has 2 nitrogen and oxygen atoms in total. The van der Waals surface area contributed by atoms with E-state index in [4.69, 9.17) is 9.47 Å². The zero-order valence-corrected chi connectivity index (χ0v) is 7.04. The van der Waals surface area contributed by atoms with E-state index in [1.165, 1.54) is 0 Å². The minimum Gasteiger partial charge on any atom is -0.355 e. The maximum absolute atomic E-state index is 4.95. The van der Waals surface area contributed by atoms with Crippen molar-refractivity contribution in [2.24, 2.45) is 0 Å². The molecule has 0 N–H and O–H groups in total. The molecule has 9 heavy (non-hydrogen) atoms. The molecule has 0 aromatic rings. The summed E-state index contributed by atoms with van der Waals surface area (Å²) >= 11 is 7.90. The van der Waals surface area contributed by atoms with E-state index in [0.717, 1.165) is 11.5 Å². The van der Waals surface area contributed by atoms with Gasteiger partial charge in [-0.2, -0.15) is 25.3 Å². The topological polar surface area (TPSA) is 18.5 Å². The number of thiol groups is 2. The molecule has 0 heterocycles. The van der Waals surface area contributed by atoms with E-state index in [9.17, 15) is 0 Å². The minimum absolute atomic E-state index is 0.362. The van der Waals surface area contributed by atoms with Crippen LogP contribution in [-0.2, 0) is 9.47 Å². The first-order valence-corrected chi connectivity index (χ1v) is 4.05. The third-order valence-corrected chi connectivity index (χ3v) is 1.00. The minimum atomic E-state index is 0.362. The lowest BCUT2D eigenvalue weighted by Gasteiger charge is -2.00. The highest BCUT2D eigenvalue weighted by Crippen LogP contribution is 1.81. The summed E-state index contributed by atoms with van der Waals surface area (Å²) in [6.07, 6.45) is 0. The first-order chi connectivity index (χ1) is 4.41. The lowest BCUT2D eigenvalue weighted by atomic mass is 10.8. The fourth-order valence-electron chi connectivity index (χ4n) is 0.306. The van der Waals surface area contributed by atoms with Crippen LogP contribution in [0, 0.1) is 0 Å². The zero-order chi connectivity index (χ0) is 6.95. The highest BCUT2D eigenvalue weighted by atomic mass is 32.1. The standard InChI is InChI=1S/C5H12O2S2/c8-3-1-6-5-7-2-4-9/h8-9H,1-5H2. The number of ether oxygens (including phenoxy) is 2. The molecule has 0 amide bonds. The lowest BCUT2D eigenvalue weighted by Crippen LogP contribution is -2.03. The Hall–Kier alpha value is 0.620. The van der Waals surface area contributed by atoms with E-state index >= 15 is 0 Å². The first-order valence-electron chi connectivity index (χ1n) is 2.79. The zero-order valence-electron chi connectivity index (χ0n) is 5.25. The molecule has 0 aromatic carbocycles. The number of rotatable bonds is 6. The Morgan fingerprint density at radius 2 is 1.33 bits per heavy atom. The number of hydrogen-bond donors (Lipinski definition) is 2. The normalized spacial score (nSPS) is 10.0. The van der Waals surface area contributed by atoms with Gasteiger partial charge in [0.1, 0.15) is 6.79 Å². The third-order valence-electron chi connectivity index (χ3n) is 0.638. The summed E-state index contributed by atoms with van der Waals surface area (Å²) in [5.74, 6) is 1.48. The first kappa shape index (κ1) is 9.62. The van der Waals surface area contributed by atoms with Gasteiger partial charge in [-0.3, -0.25) is 0 Å². The summed E-state index contributed by atoms with van der Waals surface area (Å²) in [5, 5.41) is 0. The Morgan fingerprint density at radius 3 is 1.67 bits per heavy atom. The Morgan fingerprint density at radius 1 is 0.889 bits per heavy atom. The predicted octanol–water partition coefficient (Wildman–Crippen LogP) is 0.837. The Kier molecular flexibility index (Phi) is 9.21. The van der Waals surface area contributed by atoms with Crippen LogP contribution in [-0.4, -0.2) is 31.5 Å². The van der Waals surface area contributed by atoms with Crippen molar-refractivity contribution in [2.45, 2.75) is 0 Å². The highest BCUT2D eigenvalue weighted by molar-refractivity contribution is 7.80. The van der Waals surface area contributed by atoms with Crippen LogP contribution in [0.4, 0.5) is 0 Å². The monoisotopic (exact) mass is 168 g/mol. The highest BCUT2D eigenvalue weighted by Gasteiger charge is 1.83. The molecule has 56 valence electrons. The van der Waals surface area contributed by atoms with Gasteiger partial charge in [-0.15, -0.1) is 0 Å². The van der Waals surface area contributed by atoms with E-state index < -0.39 is 0 Å². The van der Waals surface area contributed by atoms with Gasteiger partial charge in [-0.05, 0) is 0 Å². The molecule has 0 saturated heterocycles. The molecule has 0 aliphatic heterocycles. The average Bonchev–Trinajstić information content (AvgIpc) is 1.89. The van der Waals surface area contributed by atoms with Crippen LogP contribution in [0.25, 0.3) is 0 Å². The van der Waals surface area contributed by atoms with Crippen molar-refractivity contribution in [3.05, 3.63) is 0 Å². The second kappa shape index (κ2) is 8.62. The van der Waals surface area contributed by atoms with Crippen LogP contribution in [0.2, 0.25) is 0 Å². The van der Waals surface area contributed by atoms with E-state index in [2.05, 4.69) is 25.3 Å². The summed E-state index contributed by atoms with van der Waals surface area (Å²) in [5.41, 5.74) is 0. The lowest BCUT2D eigenvalue weighted by molar-refractivity contribution is -0.0424. The summed E-state index contributed by atoms with van der Waals surface area (Å²) in [6.45, 7) is 1.66. The van der Waals surface area contributed by atoms with Gasteiger partial charge in [0.2, 0.25) is 0 Å². The van der Waals surface area contributed by atoms with Crippen molar-refractivity contribution < 1.29 is 9.47 Å². The fraction of sp³-hybridized carbons (Fsp3) is 1.00. The van der Waals surface area contributed by atoms with Gasteiger partial charge < -0.3 is 9.47 Å². The molecule has 0 aromatic heterocycles. The van der Waals surface area contributed by atoms with Gasteiger partial charge in [0.15, 0.2) is 0 Å². The van der Waals surface area contributed by atoms with Crippen molar-refractivity contribution >= 4 is 25.3 Å². The molecule has 0 saturated carbocycles. The molecular formula is C5H12O2S2. The maximum Gasteiger partial charge on any atom is 0.146 e. The van der Waals surface area contributed by atoms with Crippen LogP contribution < -0.4 is 0 Å². The molecule has 0 fully saturated rings. The third kappa shape index (κ3) is 8.62. The quantitative estimate of drug-likeness (QED) is 0.348. The number of hydrogen-bond acceptors (Lipinski definition) is 4. The van der Waals surface area contributed by atoms with Gasteiger partial charge in [-0.1, -0.05) is 0 Å². The smallest absolute Gasteiger partial charge is 0.146 e. The van der Waals surface area contributed by atoms with Crippen LogP contribution >= 0.6 is 25.3 Å². The molecule has 0 atom stereocenters. The predicted molar refractivity (Wildman–Crippen MR) is 44.5 cm³/mol. The summed E-state index contributed by atoms with van der Waals surface area (Å²) in [6, 6.07) is 0. The fourth-order valence-corrected chi connectivity index (χ4v) is 0.564. The van der Waals surface area contributed by atoms with Gasteiger partial charge in [0, 0.05) is 11.5 Å². The van der Waals surface area contributed by atoms with Crippen LogP contribution in [0.1, 0.15) is 0 Å². The molecule has 0 spiro atoms. The molecule has 0 aliphatic rings. The van der Waals surface area contributed by atoms with Gasteiger partial charge in [0.05, 0.1) is 13.2 Å². The van der Waals surface area contributed by atoms with Crippen LogP contribution in [0.3, 0.4) is 0 Å². The Balaban J connectivity index is 2.60. The van der Waals surface area contributed by atoms with Gasteiger partial charge in [0.25, 0.3) is 0 Å². The molecule has 0 aliphatic carbocycles. The molecule has 0 rings (SSSR count).